The van der Waals surface area contributed by atoms with Gasteiger partial charge in [0.05, 0.1) is 0 Å². The lowest BCUT2D eigenvalue weighted by atomic mass is 9.90. The van der Waals surface area contributed by atoms with Gasteiger partial charge in [-0.05, 0) is 52.9 Å². The molecule has 0 fully saturated rings. The highest BCUT2D eigenvalue weighted by Gasteiger charge is 2.10. The van der Waals surface area contributed by atoms with Gasteiger partial charge in [0, 0.05) is 5.92 Å². The molecule has 0 saturated carbocycles. The van der Waals surface area contributed by atoms with Gasteiger partial charge in [-0.2, -0.15) is 0 Å². The Balaban J connectivity index is 1.65. The van der Waals surface area contributed by atoms with E-state index < -0.39 is 0 Å². The van der Waals surface area contributed by atoms with Crippen LogP contribution >= 0.6 is 0 Å². The average molecular weight is 336 g/mol. The van der Waals surface area contributed by atoms with E-state index in [4.69, 9.17) is 0 Å². The Labute approximate surface area is 156 Å². The van der Waals surface area contributed by atoms with E-state index in [1.165, 1.54) is 44.2 Å². The number of hydrogen-bond acceptors (Lipinski definition) is 0. The molecule has 0 amide bonds. The van der Waals surface area contributed by atoms with Crippen LogP contribution in [0.1, 0.15) is 35.1 Å². The zero-order chi connectivity index (χ0) is 18.1. The van der Waals surface area contributed by atoms with Crippen LogP contribution in [0.2, 0.25) is 0 Å². The third-order valence-electron chi connectivity index (χ3n) is 5.24. The third kappa shape index (κ3) is 3.28. The number of hydrogen-bond donors (Lipinski definition) is 0. The van der Waals surface area contributed by atoms with E-state index in [0.29, 0.717) is 5.92 Å². The lowest BCUT2D eigenvalue weighted by Crippen LogP contribution is -1.97. The smallest absolute Gasteiger partial charge is 0.00612 e. The minimum atomic E-state index is 0.402. The summed E-state index contributed by atoms with van der Waals surface area (Å²) in [6.07, 6.45) is 0. The second kappa shape index (κ2) is 6.80. The molecular weight excluding hydrogens is 312 g/mol. The monoisotopic (exact) mass is 336 g/mol. The maximum Gasteiger partial charge on any atom is 0.00612 e. The van der Waals surface area contributed by atoms with Crippen LogP contribution in [-0.2, 0) is 0 Å². The Morgan fingerprint density at radius 2 is 1.15 bits per heavy atom. The van der Waals surface area contributed by atoms with Crippen molar-refractivity contribution in [1.29, 1.82) is 0 Å². The lowest BCUT2D eigenvalue weighted by molar-refractivity contribution is 0.918. The Morgan fingerprint density at radius 1 is 0.538 bits per heavy atom. The molecule has 0 bridgehead atoms. The molecule has 1 atom stereocenters. The van der Waals surface area contributed by atoms with Gasteiger partial charge in [0.15, 0.2) is 0 Å². The van der Waals surface area contributed by atoms with Crippen molar-refractivity contribution >= 4 is 10.8 Å². The molecule has 26 heavy (non-hydrogen) atoms. The molecule has 4 aromatic rings. The largest absolute Gasteiger partial charge is 0.0616 e. The standard InChI is InChI=1S/C26H24/c1-18-14-19(2)16-26(15-18)20(3)21-8-10-23(11-9-21)25-13-12-22-6-4-5-7-24(22)17-25/h4-17,20H,1-3H3. The van der Waals surface area contributed by atoms with Gasteiger partial charge in [0.2, 0.25) is 0 Å². The van der Waals surface area contributed by atoms with Gasteiger partial charge in [0.25, 0.3) is 0 Å². The maximum atomic E-state index is 2.30. The Kier molecular flexibility index (Phi) is 4.34. The summed E-state index contributed by atoms with van der Waals surface area (Å²) in [6, 6.07) is 31.1. The normalized spacial score (nSPS) is 12.3. The first-order chi connectivity index (χ1) is 12.6. The van der Waals surface area contributed by atoms with Gasteiger partial charge in [-0.15, -0.1) is 0 Å². The highest BCUT2D eigenvalue weighted by Crippen LogP contribution is 2.29. The lowest BCUT2D eigenvalue weighted by Gasteiger charge is -2.15. The fraction of sp³-hybridized carbons (Fsp3) is 0.154. The molecule has 4 rings (SSSR count). The summed E-state index contributed by atoms with van der Waals surface area (Å²) in [7, 11) is 0. The fourth-order valence-corrected chi connectivity index (χ4v) is 3.79. The topological polar surface area (TPSA) is 0 Å². The molecule has 0 radical (unpaired) electrons. The quantitative estimate of drug-likeness (QED) is 0.369. The van der Waals surface area contributed by atoms with Crippen molar-refractivity contribution in [2.75, 3.05) is 0 Å². The van der Waals surface area contributed by atoms with Crippen molar-refractivity contribution in [3.8, 4) is 11.1 Å². The molecule has 0 N–H and O–H groups in total. The first kappa shape index (κ1) is 16.6. The molecule has 0 aliphatic heterocycles. The van der Waals surface area contributed by atoms with Crippen LogP contribution in [-0.4, -0.2) is 0 Å². The van der Waals surface area contributed by atoms with E-state index in [9.17, 15) is 0 Å². The molecule has 0 saturated heterocycles. The molecule has 0 heterocycles. The van der Waals surface area contributed by atoms with Crippen molar-refractivity contribution in [2.45, 2.75) is 26.7 Å². The summed E-state index contributed by atoms with van der Waals surface area (Å²) in [5.41, 5.74) is 7.96. The molecule has 128 valence electrons. The summed E-state index contributed by atoms with van der Waals surface area (Å²) in [4.78, 5) is 0. The predicted molar refractivity (Wildman–Crippen MR) is 113 cm³/mol. The maximum absolute atomic E-state index is 2.30. The van der Waals surface area contributed by atoms with Crippen molar-refractivity contribution in [2.24, 2.45) is 0 Å². The second-order valence-electron chi connectivity index (χ2n) is 7.33. The van der Waals surface area contributed by atoms with E-state index >= 15 is 0 Å². The minimum absolute atomic E-state index is 0.402. The highest BCUT2D eigenvalue weighted by atomic mass is 14.1. The number of rotatable bonds is 3. The summed E-state index contributed by atoms with van der Waals surface area (Å²) >= 11 is 0. The van der Waals surface area contributed by atoms with Gasteiger partial charge in [-0.25, -0.2) is 0 Å². The second-order valence-corrected chi connectivity index (χ2v) is 7.33. The first-order valence-corrected chi connectivity index (χ1v) is 9.27. The van der Waals surface area contributed by atoms with Crippen LogP contribution in [0.25, 0.3) is 21.9 Å². The van der Waals surface area contributed by atoms with E-state index in [1.54, 1.807) is 0 Å². The van der Waals surface area contributed by atoms with Gasteiger partial charge >= 0.3 is 0 Å². The fourth-order valence-electron chi connectivity index (χ4n) is 3.79. The molecular formula is C26H24. The molecule has 0 spiro atoms. The predicted octanol–water partition coefficient (Wildman–Crippen LogP) is 7.28. The molecule has 0 nitrogen and oxygen atoms in total. The van der Waals surface area contributed by atoms with Crippen LogP contribution in [0.5, 0.6) is 0 Å². The molecule has 1 unspecified atom stereocenters. The Morgan fingerprint density at radius 3 is 1.85 bits per heavy atom. The van der Waals surface area contributed by atoms with Crippen LogP contribution in [0.4, 0.5) is 0 Å². The van der Waals surface area contributed by atoms with E-state index in [-0.39, 0.29) is 0 Å². The van der Waals surface area contributed by atoms with Gasteiger partial charge in [0.1, 0.15) is 0 Å². The Bertz CT molecular complexity index is 1030. The molecule has 4 aromatic carbocycles. The van der Waals surface area contributed by atoms with Gasteiger partial charge in [-0.1, -0.05) is 96.9 Å². The van der Waals surface area contributed by atoms with Gasteiger partial charge in [-0.3, -0.25) is 0 Å². The zero-order valence-corrected chi connectivity index (χ0v) is 15.7. The van der Waals surface area contributed by atoms with Gasteiger partial charge < -0.3 is 0 Å². The van der Waals surface area contributed by atoms with Crippen LogP contribution in [0.15, 0.2) is 84.9 Å². The SMILES string of the molecule is Cc1cc(C)cc(C(C)c2ccc(-c3ccc4ccccc4c3)cc2)c1. The van der Waals surface area contributed by atoms with Crippen molar-refractivity contribution in [3.63, 3.8) is 0 Å². The minimum Gasteiger partial charge on any atom is -0.0616 e. The average Bonchev–Trinajstić information content (AvgIpc) is 2.66. The van der Waals surface area contributed by atoms with E-state index in [2.05, 4.69) is 106 Å². The summed E-state index contributed by atoms with van der Waals surface area (Å²) in [6.45, 7) is 6.64. The zero-order valence-electron chi connectivity index (χ0n) is 15.7. The molecule has 0 aliphatic rings. The Hall–Kier alpha value is -2.86. The summed E-state index contributed by atoms with van der Waals surface area (Å²) < 4.78 is 0. The summed E-state index contributed by atoms with van der Waals surface area (Å²) in [5.74, 6) is 0.402. The van der Waals surface area contributed by atoms with Crippen LogP contribution in [0.3, 0.4) is 0 Å². The van der Waals surface area contributed by atoms with E-state index in [0.717, 1.165) is 0 Å². The van der Waals surface area contributed by atoms with E-state index in [1.807, 2.05) is 0 Å². The number of fused-ring (bicyclic) bond motifs is 1. The van der Waals surface area contributed by atoms with Crippen LogP contribution < -0.4 is 0 Å². The highest BCUT2D eigenvalue weighted by molar-refractivity contribution is 5.87. The van der Waals surface area contributed by atoms with Crippen molar-refractivity contribution in [1.82, 2.24) is 0 Å². The first-order valence-electron chi connectivity index (χ1n) is 9.27. The molecule has 0 aliphatic carbocycles. The van der Waals surface area contributed by atoms with Crippen molar-refractivity contribution < 1.29 is 0 Å². The number of benzene rings is 4. The van der Waals surface area contributed by atoms with Crippen molar-refractivity contribution in [3.05, 3.63) is 107 Å². The van der Waals surface area contributed by atoms with Crippen LogP contribution in [0, 0.1) is 13.8 Å². The number of aryl methyl sites for hydroxylation is 2. The molecule has 0 heteroatoms. The third-order valence-corrected chi connectivity index (χ3v) is 5.24. The molecule has 0 aromatic heterocycles. The summed E-state index contributed by atoms with van der Waals surface area (Å²) in [5, 5.41) is 2.58.